The van der Waals surface area contributed by atoms with Crippen LogP contribution in [0.5, 0.6) is 0 Å². The summed E-state index contributed by atoms with van der Waals surface area (Å²) in [6.07, 6.45) is -2.70. The number of nitrogens with zero attached hydrogens (tertiary/aromatic N) is 3. The van der Waals surface area contributed by atoms with Gasteiger partial charge in [0.05, 0.1) is 16.9 Å². The number of halogens is 3. The summed E-state index contributed by atoms with van der Waals surface area (Å²) >= 11 is 0. The number of hydrogen-bond donors (Lipinski definition) is 1. The van der Waals surface area contributed by atoms with Crippen molar-refractivity contribution in [3.05, 3.63) is 41.2 Å². The first-order valence-corrected chi connectivity index (χ1v) is 7.71. The van der Waals surface area contributed by atoms with E-state index in [1.807, 2.05) is 13.8 Å². The zero-order valence-electron chi connectivity index (χ0n) is 13.3. The Morgan fingerprint density at radius 2 is 2.04 bits per heavy atom. The topological polar surface area (TPSA) is 59.8 Å². The van der Waals surface area contributed by atoms with Gasteiger partial charge in [-0.15, -0.1) is 5.10 Å². The zero-order valence-corrected chi connectivity index (χ0v) is 13.3. The van der Waals surface area contributed by atoms with Crippen molar-refractivity contribution < 1.29 is 18.0 Å². The maximum absolute atomic E-state index is 12.9. The van der Waals surface area contributed by atoms with Crippen molar-refractivity contribution in [3.63, 3.8) is 0 Å². The number of alkyl halides is 3. The van der Waals surface area contributed by atoms with Crippen LogP contribution in [0.1, 0.15) is 54.4 Å². The molecule has 8 heteroatoms. The zero-order chi connectivity index (χ0) is 17.5. The molecule has 0 atom stereocenters. The molecule has 1 aliphatic carbocycles. The van der Waals surface area contributed by atoms with Crippen LogP contribution in [0.4, 0.5) is 13.2 Å². The Bertz CT molecular complexity index is 763. The number of carbonyl (C=O) groups is 1. The average Bonchev–Trinajstić information content (AvgIpc) is 3.24. The van der Waals surface area contributed by atoms with Gasteiger partial charge in [0.25, 0.3) is 5.91 Å². The van der Waals surface area contributed by atoms with Gasteiger partial charge in [0.15, 0.2) is 5.69 Å². The molecule has 1 saturated carbocycles. The summed E-state index contributed by atoms with van der Waals surface area (Å²) in [5.41, 5.74) is 0.254. The number of aromatic nitrogens is 3. The third kappa shape index (κ3) is 3.27. The van der Waals surface area contributed by atoms with Crippen LogP contribution in [0, 0.1) is 0 Å². The second-order valence-corrected chi connectivity index (χ2v) is 6.19. The molecule has 3 rings (SSSR count). The SMILES string of the molecule is CC(C)NC(=O)c1nnn(-c2cccc(C(F)(F)F)c2)c1C1CC1. The van der Waals surface area contributed by atoms with Gasteiger partial charge in [0.2, 0.25) is 0 Å². The van der Waals surface area contributed by atoms with Crippen LogP contribution in [-0.2, 0) is 6.18 Å². The van der Waals surface area contributed by atoms with Crippen LogP contribution >= 0.6 is 0 Å². The van der Waals surface area contributed by atoms with Crippen LogP contribution in [0.25, 0.3) is 5.69 Å². The molecule has 24 heavy (non-hydrogen) atoms. The van der Waals surface area contributed by atoms with Gasteiger partial charge in [0.1, 0.15) is 0 Å². The molecular formula is C16H17F3N4O. The van der Waals surface area contributed by atoms with E-state index >= 15 is 0 Å². The molecule has 0 aliphatic heterocycles. The molecular weight excluding hydrogens is 321 g/mol. The fraction of sp³-hybridized carbons (Fsp3) is 0.438. The molecule has 2 aromatic rings. The normalized spacial score (nSPS) is 14.9. The Morgan fingerprint density at radius 1 is 1.33 bits per heavy atom. The van der Waals surface area contributed by atoms with Crippen LogP contribution < -0.4 is 5.32 Å². The molecule has 1 aliphatic rings. The highest BCUT2D eigenvalue weighted by Crippen LogP contribution is 2.42. The number of rotatable bonds is 4. The minimum atomic E-state index is -4.44. The molecule has 0 bridgehead atoms. The van der Waals surface area contributed by atoms with Gasteiger partial charge in [-0.2, -0.15) is 13.2 Å². The highest BCUT2D eigenvalue weighted by Gasteiger charge is 2.35. The number of benzene rings is 1. The van der Waals surface area contributed by atoms with Gasteiger partial charge >= 0.3 is 6.18 Å². The number of amides is 1. The molecule has 1 aromatic carbocycles. The van der Waals surface area contributed by atoms with E-state index in [2.05, 4.69) is 15.6 Å². The summed E-state index contributed by atoms with van der Waals surface area (Å²) in [5, 5.41) is 10.6. The standard InChI is InChI=1S/C16H17F3N4O/c1-9(2)20-15(24)13-14(10-6-7-10)23(22-21-13)12-5-3-4-11(8-12)16(17,18)19/h3-5,8-10H,6-7H2,1-2H3,(H,20,24). The van der Waals surface area contributed by atoms with Crippen LogP contribution in [-0.4, -0.2) is 26.9 Å². The van der Waals surface area contributed by atoms with Gasteiger partial charge in [-0.25, -0.2) is 4.68 Å². The lowest BCUT2D eigenvalue weighted by molar-refractivity contribution is -0.137. The van der Waals surface area contributed by atoms with Crippen LogP contribution in [0.15, 0.2) is 24.3 Å². The van der Waals surface area contributed by atoms with E-state index in [0.29, 0.717) is 5.69 Å². The monoisotopic (exact) mass is 338 g/mol. The third-order valence-electron chi connectivity index (χ3n) is 3.72. The fourth-order valence-electron chi connectivity index (χ4n) is 2.51. The lowest BCUT2D eigenvalue weighted by atomic mass is 10.1. The molecule has 5 nitrogen and oxygen atoms in total. The summed E-state index contributed by atoms with van der Waals surface area (Å²) < 4.78 is 40.1. The summed E-state index contributed by atoms with van der Waals surface area (Å²) in [6, 6.07) is 4.81. The number of hydrogen-bond acceptors (Lipinski definition) is 3. The van der Waals surface area contributed by atoms with Gasteiger partial charge in [-0.1, -0.05) is 11.3 Å². The van der Waals surface area contributed by atoms with E-state index < -0.39 is 11.7 Å². The molecule has 128 valence electrons. The largest absolute Gasteiger partial charge is 0.416 e. The van der Waals surface area contributed by atoms with E-state index in [9.17, 15) is 18.0 Å². The van der Waals surface area contributed by atoms with E-state index in [1.165, 1.54) is 16.8 Å². The van der Waals surface area contributed by atoms with E-state index in [0.717, 1.165) is 25.0 Å². The maximum Gasteiger partial charge on any atom is 0.416 e. The summed E-state index contributed by atoms with van der Waals surface area (Å²) in [7, 11) is 0. The van der Waals surface area contributed by atoms with E-state index in [1.54, 1.807) is 0 Å². The average molecular weight is 338 g/mol. The highest BCUT2D eigenvalue weighted by molar-refractivity contribution is 5.93. The first-order valence-electron chi connectivity index (χ1n) is 7.71. The van der Waals surface area contributed by atoms with Crippen molar-refractivity contribution in [2.24, 2.45) is 0 Å². The van der Waals surface area contributed by atoms with Crippen molar-refractivity contribution in [2.75, 3.05) is 0 Å². The van der Waals surface area contributed by atoms with E-state index in [4.69, 9.17) is 0 Å². The lowest BCUT2D eigenvalue weighted by Crippen LogP contribution is -2.31. The first kappa shape index (κ1) is 16.5. The summed E-state index contributed by atoms with van der Waals surface area (Å²) in [6.45, 7) is 3.65. The highest BCUT2D eigenvalue weighted by atomic mass is 19.4. The predicted octanol–water partition coefficient (Wildman–Crippen LogP) is 3.30. The lowest BCUT2D eigenvalue weighted by Gasteiger charge is -2.11. The molecule has 0 spiro atoms. The second kappa shape index (κ2) is 5.92. The quantitative estimate of drug-likeness (QED) is 0.930. The smallest absolute Gasteiger partial charge is 0.348 e. The molecule has 1 amide bonds. The van der Waals surface area contributed by atoms with Crippen LogP contribution in [0.3, 0.4) is 0 Å². The van der Waals surface area contributed by atoms with Crippen molar-refractivity contribution in [1.82, 2.24) is 20.3 Å². The van der Waals surface area contributed by atoms with Crippen LogP contribution in [0.2, 0.25) is 0 Å². The van der Waals surface area contributed by atoms with Crippen molar-refractivity contribution >= 4 is 5.91 Å². The minimum absolute atomic E-state index is 0.0664. The molecule has 1 aromatic heterocycles. The maximum atomic E-state index is 12.9. The van der Waals surface area contributed by atoms with E-state index in [-0.39, 0.29) is 29.2 Å². The second-order valence-electron chi connectivity index (χ2n) is 6.19. The third-order valence-corrected chi connectivity index (χ3v) is 3.72. The Labute approximate surface area is 136 Å². The van der Waals surface area contributed by atoms with Crippen molar-refractivity contribution in [1.29, 1.82) is 0 Å². The number of nitrogens with one attached hydrogen (secondary N) is 1. The Morgan fingerprint density at radius 3 is 2.62 bits per heavy atom. The van der Waals surface area contributed by atoms with Crippen molar-refractivity contribution in [3.8, 4) is 5.69 Å². The molecule has 0 saturated heterocycles. The van der Waals surface area contributed by atoms with Gasteiger partial charge < -0.3 is 5.32 Å². The molecule has 1 heterocycles. The molecule has 0 radical (unpaired) electrons. The van der Waals surface area contributed by atoms with Crippen molar-refractivity contribution in [2.45, 2.75) is 44.8 Å². The number of carbonyl (C=O) groups excluding carboxylic acids is 1. The Kier molecular flexibility index (Phi) is 4.06. The summed E-state index contributed by atoms with van der Waals surface area (Å²) in [5.74, 6) is -0.257. The Balaban J connectivity index is 2.03. The minimum Gasteiger partial charge on any atom is -0.348 e. The predicted molar refractivity (Wildman–Crippen MR) is 80.9 cm³/mol. The van der Waals surface area contributed by atoms with Gasteiger partial charge in [-0.05, 0) is 44.9 Å². The molecule has 1 N–H and O–H groups in total. The molecule has 1 fully saturated rings. The van der Waals surface area contributed by atoms with Gasteiger partial charge in [0, 0.05) is 12.0 Å². The molecule has 0 unspecified atom stereocenters. The Hall–Kier alpha value is -2.38. The first-order chi connectivity index (χ1) is 11.3. The van der Waals surface area contributed by atoms with Gasteiger partial charge in [-0.3, -0.25) is 4.79 Å². The fourth-order valence-corrected chi connectivity index (χ4v) is 2.51. The summed E-state index contributed by atoms with van der Waals surface area (Å²) in [4.78, 5) is 12.3.